The normalized spacial score (nSPS) is 18.0. The maximum Gasteiger partial charge on any atom is 0.223 e. The standard InChI is InChI=1S/C14H18FNO/c1-10(11-6-8-13(15)9-7-11)16-14(17)12-4-2-3-5-12/h6-10,12H,2-5H2,1H3,(H,16,17)/t10-/m1/s1. The number of halogens is 1. The average Bonchev–Trinajstić information content (AvgIpc) is 2.83. The molecular formula is C14H18FNO. The summed E-state index contributed by atoms with van der Waals surface area (Å²) in [6.45, 7) is 1.93. The van der Waals surface area contributed by atoms with Crippen LogP contribution in [0.15, 0.2) is 24.3 Å². The number of hydrogen-bond acceptors (Lipinski definition) is 1. The van der Waals surface area contributed by atoms with Crippen LogP contribution in [-0.4, -0.2) is 5.91 Å². The highest BCUT2D eigenvalue weighted by Gasteiger charge is 2.23. The zero-order valence-electron chi connectivity index (χ0n) is 10.1. The molecule has 1 amide bonds. The summed E-state index contributed by atoms with van der Waals surface area (Å²) in [6, 6.07) is 6.23. The van der Waals surface area contributed by atoms with Gasteiger partial charge in [-0.25, -0.2) is 4.39 Å². The van der Waals surface area contributed by atoms with E-state index in [0.717, 1.165) is 31.2 Å². The van der Waals surface area contributed by atoms with Gasteiger partial charge < -0.3 is 5.32 Å². The Kier molecular flexibility index (Phi) is 3.77. The molecule has 0 aliphatic heterocycles. The molecule has 17 heavy (non-hydrogen) atoms. The number of nitrogens with one attached hydrogen (secondary N) is 1. The molecule has 0 aromatic heterocycles. The van der Waals surface area contributed by atoms with Crippen molar-refractivity contribution in [1.29, 1.82) is 0 Å². The monoisotopic (exact) mass is 235 g/mol. The number of amides is 1. The van der Waals surface area contributed by atoms with Gasteiger partial charge in [-0.1, -0.05) is 25.0 Å². The smallest absolute Gasteiger partial charge is 0.223 e. The summed E-state index contributed by atoms with van der Waals surface area (Å²) in [6.07, 6.45) is 4.32. The first-order valence-corrected chi connectivity index (χ1v) is 6.22. The second kappa shape index (κ2) is 5.30. The molecule has 0 spiro atoms. The molecular weight excluding hydrogens is 217 g/mol. The van der Waals surface area contributed by atoms with E-state index in [1.807, 2.05) is 6.92 Å². The molecule has 1 fully saturated rings. The van der Waals surface area contributed by atoms with Crippen molar-refractivity contribution in [3.8, 4) is 0 Å². The lowest BCUT2D eigenvalue weighted by atomic mass is 10.0. The van der Waals surface area contributed by atoms with Crippen LogP contribution in [0.25, 0.3) is 0 Å². The van der Waals surface area contributed by atoms with Gasteiger partial charge in [-0.2, -0.15) is 0 Å². The van der Waals surface area contributed by atoms with E-state index in [1.54, 1.807) is 12.1 Å². The molecule has 2 nitrogen and oxygen atoms in total. The Balaban J connectivity index is 1.93. The summed E-state index contributed by atoms with van der Waals surface area (Å²) in [4.78, 5) is 11.9. The van der Waals surface area contributed by atoms with Crippen molar-refractivity contribution in [3.05, 3.63) is 35.6 Å². The third-order valence-corrected chi connectivity index (χ3v) is 3.45. The van der Waals surface area contributed by atoms with Crippen LogP contribution >= 0.6 is 0 Å². The maximum absolute atomic E-state index is 12.8. The van der Waals surface area contributed by atoms with E-state index in [1.165, 1.54) is 12.1 Å². The predicted molar refractivity (Wildman–Crippen MR) is 64.9 cm³/mol. The van der Waals surface area contributed by atoms with Gasteiger partial charge in [0.15, 0.2) is 0 Å². The summed E-state index contributed by atoms with van der Waals surface area (Å²) in [5.41, 5.74) is 0.942. The second-order valence-corrected chi connectivity index (χ2v) is 4.76. The minimum atomic E-state index is -0.247. The van der Waals surface area contributed by atoms with E-state index in [-0.39, 0.29) is 23.7 Å². The molecule has 1 aliphatic carbocycles. The minimum absolute atomic E-state index is 0.0521. The van der Waals surface area contributed by atoms with Crippen molar-refractivity contribution < 1.29 is 9.18 Å². The van der Waals surface area contributed by atoms with Gasteiger partial charge >= 0.3 is 0 Å². The molecule has 0 heterocycles. The molecule has 0 saturated heterocycles. The maximum atomic E-state index is 12.8. The lowest BCUT2D eigenvalue weighted by Crippen LogP contribution is -2.31. The van der Waals surface area contributed by atoms with Gasteiger partial charge in [-0.05, 0) is 37.5 Å². The molecule has 2 rings (SSSR count). The quantitative estimate of drug-likeness (QED) is 0.856. The minimum Gasteiger partial charge on any atom is -0.349 e. The van der Waals surface area contributed by atoms with Crippen molar-refractivity contribution in [2.24, 2.45) is 5.92 Å². The van der Waals surface area contributed by atoms with Gasteiger partial charge in [-0.3, -0.25) is 4.79 Å². The number of carbonyl (C=O) groups excluding carboxylic acids is 1. The van der Waals surface area contributed by atoms with Gasteiger partial charge in [0.25, 0.3) is 0 Å². The van der Waals surface area contributed by atoms with Gasteiger partial charge in [0.2, 0.25) is 5.91 Å². The van der Waals surface area contributed by atoms with E-state index in [9.17, 15) is 9.18 Å². The molecule has 0 unspecified atom stereocenters. The van der Waals surface area contributed by atoms with E-state index < -0.39 is 0 Å². The second-order valence-electron chi connectivity index (χ2n) is 4.76. The Morgan fingerprint density at radius 2 is 1.88 bits per heavy atom. The Bertz CT molecular complexity index is 382. The van der Waals surface area contributed by atoms with E-state index in [0.29, 0.717) is 0 Å². The summed E-state index contributed by atoms with van der Waals surface area (Å²) < 4.78 is 12.8. The molecule has 0 radical (unpaired) electrons. The first kappa shape index (κ1) is 12.1. The highest BCUT2D eigenvalue weighted by atomic mass is 19.1. The largest absolute Gasteiger partial charge is 0.349 e. The molecule has 1 saturated carbocycles. The van der Waals surface area contributed by atoms with E-state index in [2.05, 4.69) is 5.32 Å². The Morgan fingerprint density at radius 3 is 2.47 bits per heavy atom. The number of rotatable bonds is 3. The molecule has 1 aliphatic rings. The molecule has 3 heteroatoms. The fourth-order valence-corrected chi connectivity index (χ4v) is 2.35. The average molecular weight is 235 g/mol. The molecule has 92 valence electrons. The Hall–Kier alpha value is -1.38. The molecule has 1 aromatic carbocycles. The summed E-state index contributed by atoms with van der Waals surface area (Å²) in [7, 11) is 0. The number of hydrogen-bond donors (Lipinski definition) is 1. The Morgan fingerprint density at radius 1 is 1.29 bits per heavy atom. The summed E-state index contributed by atoms with van der Waals surface area (Å²) >= 11 is 0. The van der Waals surface area contributed by atoms with Crippen molar-refractivity contribution in [1.82, 2.24) is 5.32 Å². The van der Waals surface area contributed by atoms with Crippen molar-refractivity contribution >= 4 is 5.91 Å². The van der Waals surface area contributed by atoms with Crippen molar-refractivity contribution in [2.45, 2.75) is 38.6 Å². The van der Waals surface area contributed by atoms with E-state index >= 15 is 0 Å². The topological polar surface area (TPSA) is 29.1 Å². The number of benzene rings is 1. The van der Waals surface area contributed by atoms with Crippen LogP contribution in [0.4, 0.5) is 4.39 Å². The van der Waals surface area contributed by atoms with Crippen LogP contribution in [0, 0.1) is 11.7 Å². The van der Waals surface area contributed by atoms with Crippen molar-refractivity contribution in [2.75, 3.05) is 0 Å². The summed E-state index contributed by atoms with van der Waals surface area (Å²) in [5, 5.41) is 3.00. The van der Waals surface area contributed by atoms with Crippen LogP contribution < -0.4 is 5.32 Å². The first-order valence-electron chi connectivity index (χ1n) is 6.22. The van der Waals surface area contributed by atoms with Gasteiger partial charge in [0, 0.05) is 5.92 Å². The fourth-order valence-electron chi connectivity index (χ4n) is 2.35. The van der Waals surface area contributed by atoms with Crippen LogP contribution in [0.3, 0.4) is 0 Å². The first-order chi connectivity index (χ1) is 8.16. The third kappa shape index (κ3) is 3.05. The Labute approximate surface area is 101 Å². The molecule has 1 atom stereocenters. The number of carbonyl (C=O) groups is 1. The van der Waals surface area contributed by atoms with Gasteiger partial charge in [-0.15, -0.1) is 0 Å². The molecule has 1 aromatic rings. The SMILES string of the molecule is C[C@@H](NC(=O)C1CCCC1)c1ccc(F)cc1. The van der Waals surface area contributed by atoms with Gasteiger partial charge in [0.05, 0.1) is 6.04 Å². The lowest BCUT2D eigenvalue weighted by Gasteiger charge is -2.17. The van der Waals surface area contributed by atoms with Crippen LogP contribution in [-0.2, 0) is 4.79 Å². The lowest BCUT2D eigenvalue weighted by molar-refractivity contribution is -0.125. The highest BCUT2D eigenvalue weighted by Crippen LogP contribution is 2.25. The van der Waals surface area contributed by atoms with Crippen LogP contribution in [0.5, 0.6) is 0 Å². The van der Waals surface area contributed by atoms with Crippen LogP contribution in [0.1, 0.15) is 44.2 Å². The third-order valence-electron chi connectivity index (χ3n) is 3.45. The fraction of sp³-hybridized carbons (Fsp3) is 0.500. The molecule has 0 bridgehead atoms. The predicted octanol–water partition coefficient (Wildman–Crippen LogP) is 3.19. The van der Waals surface area contributed by atoms with E-state index in [4.69, 9.17) is 0 Å². The molecule has 1 N–H and O–H groups in total. The van der Waals surface area contributed by atoms with Gasteiger partial charge in [0.1, 0.15) is 5.82 Å². The zero-order valence-corrected chi connectivity index (χ0v) is 10.1. The summed E-state index contributed by atoms with van der Waals surface area (Å²) in [5.74, 6) is 0.0697. The highest BCUT2D eigenvalue weighted by molar-refractivity contribution is 5.79. The zero-order chi connectivity index (χ0) is 12.3. The van der Waals surface area contributed by atoms with Crippen molar-refractivity contribution in [3.63, 3.8) is 0 Å². The van der Waals surface area contributed by atoms with Crippen LogP contribution in [0.2, 0.25) is 0 Å².